The maximum Gasteiger partial charge on any atom is 0.176 e. The van der Waals surface area contributed by atoms with Crippen LogP contribution in [0, 0.1) is 0 Å². The molecule has 0 aliphatic heterocycles. The second-order valence-corrected chi connectivity index (χ2v) is 6.48. The fourth-order valence-corrected chi connectivity index (χ4v) is 3.35. The molecule has 136 valence electrons. The molecule has 0 amide bonds. The Balaban J connectivity index is 1.50. The topological polar surface area (TPSA) is 31.6 Å². The van der Waals surface area contributed by atoms with Gasteiger partial charge in [-0.2, -0.15) is 0 Å². The van der Waals surface area contributed by atoms with Crippen LogP contribution in [0.5, 0.6) is 5.75 Å². The minimum absolute atomic E-state index is 0.186. The van der Waals surface area contributed by atoms with Gasteiger partial charge < -0.3 is 13.9 Å². The Bertz CT molecular complexity index is 951. The van der Waals surface area contributed by atoms with E-state index in [0.29, 0.717) is 13.2 Å². The number of ether oxygens (including phenoxy) is 2. The predicted octanol–water partition coefficient (Wildman–Crippen LogP) is 5.79. The molecule has 0 aliphatic rings. The van der Waals surface area contributed by atoms with Crippen LogP contribution in [-0.4, -0.2) is 13.7 Å². The zero-order valence-corrected chi connectivity index (χ0v) is 15.3. The molecule has 1 aromatic heterocycles. The van der Waals surface area contributed by atoms with E-state index in [0.717, 1.165) is 22.5 Å². The lowest BCUT2D eigenvalue weighted by molar-refractivity contribution is 0.101. The van der Waals surface area contributed by atoms with Gasteiger partial charge in [0.1, 0.15) is 12.4 Å². The highest BCUT2D eigenvalue weighted by molar-refractivity contribution is 5.83. The highest BCUT2D eigenvalue weighted by atomic mass is 16.5. The molecule has 0 radical (unpaired) electrons. The highest BCUT2D eigenvalue weighted by Gasteiger charge is 2.15. The Morgan fingerprint density at radius 2 is 1.48 bits per heavy atom. The third-order valence-electron chi connectivity index (χ3n) is 4.71. The Morgan fingerprint density at radius 3 is 2.11 bits per heavy atom. The molecular weight excluding hydrogens is 336 g/mol. The first-order chi connectivity index (χ1) is 13.3. The molecule has 0 spiro atoms. The summed E-state index contributed by atoms with van der Waals surface area (Å²) in [4.78, 5) is 0. The van der Waals surface area contributed by atoms with Gasteiger partial charge in [-0.3, -0.25) is 0 Å². The van der Waals surface area contributed by atoms with Crippen molar-refractivity contribution in [2.75, 3.05) is 13.7 Å². The number of rotatable bonds is 7. The molecule has 0 bridgehead atoms. The largest absolute Gasteiger partial charge is 0.493 e. The van der Waals surface area contributed by atoms with Crippen molar-refractivity contribution >= 4 is 11.0 Å². The average Bonchev–Trinajstić information content (AvgIpc) is 3.15. The van der Waals surface area contributed by atoms with Crippen molar-refractivity contribution in [3.8, 4) is 5.75 Å². The van der Waals surface area contributed by atoms with E-state index in [1.165, 1.54) is 11.1 Å². The van der Waals surface area contributed by atoms with Crippen LogP contribution < -0.4 is 4.74 Å². The molecule has 0 unspecified atom stereocenters. The average molecular weight is 358 g/mol. The van der Waals surface area contributed by atoms with Crippen LogP contribution in [0.25, 0.3) is 11.0 Å². The maximum atomic E-state index is 6.06. The summed E-state index contributed by atoms with van der Waals surface area (Å²) in [6, 6.07) is 28.8. The van der Waals surface area contributed by atoms with Gasteiger partial charge in [0.2, 0.25) is 0 Å². The zero-order valence-electron chi connectivity index (χ0n) is 15.3. The van der Waals surface area contributed by atoms with E-state index in [2.05, 4.69) is 48.5 Å². The third kappa shape index (κ3) is 3.88. The van der Waals surface area contributed by atoms with E-state index >= 15 is 0 Å². The lowest BCUT2D eigenvalue weighted by atomic mass is 9.92. The van der Waals surface area contributed by atoms with Crippen molar-refractivity contribution in [2.24, 2.45) is 0 Å². The van der Waals surface area contributed by atoms with E-state index in [1.807, 2.05) is 36.4 Å². The molecule has 4 aromatic rings. The zero-order chi connectivity index (χ0) is 18.5. The molecule has 3 heteroatoms. The fourth-order valence-electron chi connectivity index (χ4n) is 3.35. The van der Waals surface area contributed by atoms with Crippen LogP contribution in [0.15, 0.2) is 89.3 Å². The van der Waals surface area contributed by atoms with Crippen LogP contribution >= 0.6 is 0 Å². The molecule has 0 saturated heterocycles. The first kappa shape index (κ1) is 17.4. The summed E-state index contributed by atoms with van der Waals surface area (Å²) >= 11 is 0. The molecular formula is C24H22O3. The van der Waals surface area contributed by atoms with Gasteiger partial charge >= 0.3 is 0 Å². The summed E-state index contributed by atoms with van der Waals surface area (Å²) in [5.74, 6) is 1.73. The number of hydrogen-bond donors (Lipinski definition) is 0. The summed E-state index contributed by atoms with van der Waals surface area (Å²) in [5.41, 5.74) is 3.26. The summed E-state index contributed by atoms with van der Waals surface area (Å²) < 4.78 is 17.4. The molecule has 0 N–H and O–H groups in total. The van der Waals surface area contributed by atoms with Gasteiger partial charge in [0, 0.05) is 11.3 Å². The SMILES string of the molecule is COc1cccc2cc(COCC(c3ccccc3)c3ccccc3)oc12. The smallest absolute Gasteiger partial charge is 0.176 e. The Labute approximate surface area is 159 Å². The van der Waals surface area contributed by atoms with Crippen molar-refractivity contribution in [1.82, 2.24) is 0 Å². The molecule has 0 fully saturated rings. The Morgan fingerprint density at radius 1 is 0.815 bits per heavy atom. The quantitative estimate of drug-likeness (QED) is 0.419. The van der Waals surface area contributed by atoms with E-state index in [4.69, 9.17) is 13.9 Å². The van der Waals surface area contributed by atoms with Crippen molar-refractivity contribution in [3.05, 3.63) is 102 Å². The van der Waals surface area contributed by atoms with E-state index in [1.54, 1.807) is 7.11 Å². The lowest BCUT2D eigenvalue weighted by Gasteiger charge is -2.18. The van der Waals surface area contributed by atoms with Crippen LogP contribution in [0.3, 0.4) is 0 Å². The van der Waals surface area contributed by atoms with Gasteiger partial charge in [0.05, 0.1) is 13.7 Å². The van der Waals surface area contributed by atoms with Crippen LogP contribution in [0.1, 0.15) is 22.8 Å². The number of benzene rings is 3. The van der Waals surface area contributed by atoms with Gasteiger partial charge in [0.15, 0.2) is 11.3 Å². The normalized spacial score (nSPS) is 11.2. The molecule has 0 saturated carbocycles. The van der Waals surface area contributed by atoms with Crippen LogP contribution in [0.4, 0.5) is 0 Å². The van der Waals surface area contributed by atoms with Gasteiger partial charge in [-0.15, -0.1) is 0 Å². The number of fused-ring (bicyclic) bond motifs is 1. The molecule has 0 aliphatic carbocycles. The summed E-state index contributed by atoms with van der Waals surface area (Å²) in [7, 11) is 1.65. The standard InChI is InChI=1S/C24H22O3/c1-25-23-14-8-13-20-15-21(27-24(20)23)16-26-17-22(18-9-4-2-5-10-18)19-11-6-3-7-12-19/h2-15,22H,16-17H2,1H3. The van der Waals surface area contributed by atoms with Crippen LogP contribution in [-0.2, 0) is 11.3 Å². The van der Waals surface area contributed by atoms with Crippen molar-refractivity contribution in [1.29, 1.82) is 0 Å². The molecule has 3 aromatic carbocycles. The minimum Gasteiger partial charge on any atom is -0.493 e. The Hall–Kier alpha value is -3.04. The second kappa shape index (κ2) is 8.11. The first-order valence-electron chi connectivity index (χ1n) is 9.08. The third-order valence-corrected chi connectivity index (χ3v) is 4.71. The molecule has 0 atom stereocenters. The fraction of sp³-hybridized carbons (Fsp3) is 0.167. The van der Waals surface area contributed by atoms with E-state index < -0.39 is 0 Å². The highest BCUT2D eigenvalue weighted by Crippen LogP contribution is 2.29. The van der Waals surface area contributed by atoms with Crippen LogP contribution in [0.2, 0.25) is 0 Å². The summed E-state index contributed by atoms with van der Waals surface area (Å²) in [6.45, 7) is 1.01. The number of methoxy groups -OCH3 is 1. The Kier molecular flexibility index (Phi) is 5.22. The number of para-hydroxylation sites is 1. The molecule has 27 heavy (non-hydrogen) atoms. The van der Waals surface area contributed by atoms with E-state index in [-0.39, 0.29) is 5.92 Å². The minimum atomic E-state index is 0.186. The van der Waals surface area contributed by atoms with E-state index in [9.17, 15) is 0 Å². The second-order valence-electron chi connectivity index (χ2n) is 6.48. The van der Waals surface area contributed by atoms with Gasteiger partial charge in [-0.05, 0) is 23.3 Å². The monoisotopic (exact) mass is 358 g/mol. The van der Waals surface area contributed by atoms with Gasteiger partial charge in [0.25, 0.3) is 0 Å². The molecule has 3 nitrogen and oxygen atoms in total. The summed E-state index contributed by atoms with van der Waals surface area (Å²) in [5, 5.41) is 1.02. The van der Waals surface area contributed by atoms with Gasteiger partial charge in [-0.25, -0.2) is 0 Å². The molecule has 1 heterocycles. The van der Waals surface area contributed by atoms with Crippen molar-refractivity contribution < 1.29 is 13.9 Å². The lowest BCUT2D eigenvalue weighted by Crippen LogP contribution is -2.09. The number of furan rings is 1. The van der Waals surface area contributed by atoms with Crippen molar-refractivity contribution in [2.45, 2.75) is 12.5 Å². The summed E-state index contributed by atoms with van der Waals surface area (Å²) in [6.07, 6.45) is 0. The van der Waals surface area contributed by atoms with Gasteiger partial charge in [-0.1, -0.05) is 72.8 Å². The first-order valence-corrected chi connectivity index (χ1v) is 9.08. The maximum absolute atomic E-state index is 6.06. The molecule has 4 rings (SSSR count). The predicted molar refractivity (Wildman–Crippen MR) is 107 cm³/mol. The van der Waals surface area contributed by atoms with Crippen molar-refractivity contribution in [3.63, 3.8) is 0 Å². The number of hydrogen-bond acceptors (Lipinski definition) is 3.